The normalized spacial score (nSPS) is 16.6. The molecule has 0 saturated carbocycles. The molecule has 0 spiro atoms. The lowest BCUT2D eigenvalue weighted by atomic mass is 9.92. The number of halogens is 1. The van der Waals surface area contributed by atoms with Crippen molar-refractivity contribution in [2.45, 2.75) is 70.6 Å². The summed E-state index contributed by atoms with van der Waals surface area (Å²) in [6.45, 7) is 11.9. The van der Waals surface area contributed by atoms with Crippen molar-refractivity contribution in [2.24, 2.45) is 16.1 Å². The summed E-state index contributed by atoms with van der Waals surface area (Å²) in [5.74, 6) is 7.35. The average Bonchev–Trinajstić information content (AvgIpc) is 3.53. The minimum Gasteiger partial charge on any atom is -0.481 e. The van der Waals surface area contributed by atoms with Gasteiger partial charge in [0.2, 0.25) is 9.96 Å². The van der Waals surface area contributed by atoms with Crippen LogP contribution in [-0.4, -0.2) is 84.0 Å². The molecular weight excluding hydrogens is 725 g/mol. The maximum atomic E-state index is 14.5. The summed E-state index contributed by atoms with van der Waals surface area (Å²) >= 11 is 2.53. The minimum atomic E-state index is -3.10. The number of carboxylic acid groups (broad SMARTS) is 1. The molecule has 2 aliphatic heterocycles. The highest BCUT2D eigenvalue weighted by molar-refractivity contribution is 7.98. The van der Waals surface area contributed by atoms with Gasteiger partial charge in [0.15, 0.2) is 19.8 Å². The second kappa shape index (κ2) is 16.5. The zero-order chi connectivity index (χ0) is 38.5. The number of carbonyl (C=O) groups excluding carboxylic acids is 1. The fourth-order valence-electron chi connectivity index (χ4n) is 4.74. The molecule has 0 bridgehead atoms. The Labute approximate surface area is 302 Å². The molecule has 278 valence electrons. The van der Waals surface area contributed by atoms with E-state index in [0.717, 1.165) is 23.5 Å². The number of terminal acetylenes is 1. The van der Waals surface area contributed by atoms with E-state index in [9.17, 15) is 23.3 Å². The number of rotatable bonds is 7. The van der Waals surface area contributed by atoms with Crippen LogP contribution in [-0.2, 0) is 32.5 Å². The quantitative estimate of drug-likeness (QED) is 0.117. The highest BCUT2D eigenvalue weighted by Gasteiger charge is 2.31. The van der Waals surface area contributed by atoms with Gasteiger partial charge in [0.25, 0.3) is 11.5 Å². The van der Waals surface area contributed by atoms with Gasteiger partial charge in [0, 0.05) is 48.8 Å². The number of thioether (sulfide) groups is 1. The molecule has 2 aromatic heterocycles. The van der Waals surface area contributed by atoms with E-state index in [1.165, 1.54) is 47.0 Å². The molecule has 3 aromatic rings. The molecule has 1 aromatic carbocycles. The molecule has 20 heteroatoms. The number of hydrogen-bond donors (Lipinski definition) is 4. The van der Waals surface area contributed by atoms with E-state index in [1.807, 2.05) is 25.3 Å². The third kappa shape index (κ3) is 11.0. The Kier molecular flexibility index (Phi) is 13.4. The molecule has 0 aliphatic carbocycles. The summed E-state index contributed by atoms with van der Waals surface area (Å²) < 4.78 is 38.0. The van der Waals surface area contributed by atoms with E-state index in [0.29, 0.717) is 27.1 Å². The van der Waals surface area contributed by atoms with Gasteiger partial charge in [-0.1, -0.05) is 52.3 Å². The van der Waals surface area contributed by atoms with Gasteiger partial charge in [0.1, 0.15) is 29.0 Å². The Bertz CT molecular complexity index is 1990. The molecule has 2 atom stereocenters. The summed E-state index contributed by atoms with van der Waals surface area (Å²) in [5.41, 5.74) is 5.54. The van der Waals surface area contributed by atoms with Crippen molar-refractivity contribution >= 4 is 53.9 Å². The van der Waals surface area contributed by atoms with Gasteiger partial charge in [-0.05, 0) is 24.2 Å². The Hall–Kier alpha value is -4.08. The van der Waals surface area contributed by atoms with Crippen LogP contribution in [0.3, 0.4) is 0 Å². The summed E-state index contributed by atoms with van der Waals surface area (Å²) in [6, 6.07) is 1.72. The number of amides is 1. The molecule has 0 saturated heterocycles. The molecule has 5 rings (SSSR count). The molecule has 0 fully saturated rings. The number of ether oxygens (including phenoxy) is 1. The van der Waals surface area contributed by atoms with Crippen molar-refractivity contribution in [1.29, 1.82) is 0 Å². The van der Waals surface area contributed by atoms with Gasteiger partial charge in [-0.15, -0.1) is 16.6 Å². The highest BCUT2D eigenvalue weighted by Crippen LogP contribution is 2.38. The zero-order valence-electron chi connectivity index (χ0n) is 29.4. The van der Waals surface area contributed by atoms with Crippen LogP contribution in [0, 0.1) is 23.6 Å². The third-order valence-corrected chi connectivity index (χ3v) is 9.87. The van der Waals surface area contributed by atoms with Gasteiger partial charge in [0.05, 0.1) is 12.2 Å². The lowest BCUT2D eigenvalue weighted by molar-refractivity contribution is -0.138. The van der Waals surface area contributed by atoms with Gasteiger partial charge >= 0.3 is 5.97 Å². The minimum absolute atomic E-state index is 0.0412. The smallest absolute Gasteiger partial charge is 0.320 e. The van der Waals surface area contributed by atoms with Crippen LogP contribution in [0.4, 0.5) is 15.8 Å². The molecule has 1 amide bonds. The number of fused-ring (bicyclic) bond motifs is 2. The summed E-state index contributed by atoms with van der Waals surface area (Å²) in [7, 11) is -3.10. The second-order valence-corrected chi connectivity index (χ2v) is 17.7. The van der Waals surface area contributed by atoms with Crippen molar-refractivity contribution in [3.8, 4) is 18.1 Å². The van der Waals surface area contributed by atoms with Crippen LogP contribution < -0.4 is 31.6 Å². The van der Waals surface area contributed by atoms with Crippen LogP contribution >= 0.6 is 30.7 Å². The third-order valence-electron chi connectivity index (χ3n) is 7.36. The van der Waals surface area contributed by atoms with Crippen molar-refractivity contribution in [3.63, 3.8) is 0 Å². The van der Waals surface area contributed by atoms with Crippen molar-refractivity contribution < 1.29 is 33.3 Å². The van der Waals surface area contributed by atoms with Crippen LogP contribution in [0.1, 0.15) is 52.6 Å². The number of nitrogens with zero attached hydrogens (tertiary/aromatic N) is 7. The predicted octanol–water partition coefficient (Wildman–Crippen LogP) is 2.32. The van der Waals surface area contributed by atoms with E-state index in [1.54, 1.807) is 6.26 Å². The number of carbonyl (C=O) groups is 2. The Morgan fingerprint density at radius 3 is 2.55 bits per heavy atom. The number of carboxylic acids is 1. The molecule has 0 radical (unpaired) electrons. The van der Waals surface area contributed by atoms with Gasteiger partial charge < -0.3 is 30.9 Å². The Morgan fingerprint density at radius 2 is 1.98 bits per heavy atom. The highest BCUT2D eigenvalue weighted by atomic mass is 32.2. The standard InChI is InChI=1S/C18H17FN4O2S.C8H14N4OS.C5H12NO4P/c1-4-5-22-13-7-12(11(19)6-14(13)25-9-16(22)24)20-17-23-10-18(2,3)8-15(23)21-26-17;1-8(2,3)5-6(13)12(9)7(14-4)11-10-5;1-11(9,10)3-2-4(6)5(7)8/h1,6-7H,5,8-10H2,2-3H3;9H2,1-4H3;4H,2-3,6H2,1H3,(H,7,8)(H,9,10)/b20-17-;;. The number of hydrogen-bond acceptors (Lipinski definition) is 13. The van der Waals surface area contributed by atoms with Crippen molar-refractivity contribution in [3.05, 3.63) is 44.6 Å². The van der Waals surface area contributed by atoms with E-state index in [4.69, 9.17) is 32.7 Å². The van der Waals surface area contributed by atoms with Crippen LogP contribution in [0.5, 0.6) is 5.75 Å². The maximum absolute atomic E-state index is 14.5. The summed E-state index contributed by atoms with van der Waals surface area (Å²) in [5, 5.41) is 16.5. The first-order chi connectivity index (χ1) is 23.6. The first kappa shape index (κ1) is 41.3. The zero-order valence-corrected chi connectivity index (χ0v) is 31.9. The molecule has 51 heavy (non-hydrogen) atoms. The van der Waals surface area contributed by atoms with Crippen molar-refractivity contribution in [2.75, 3.05) is 43.0 Å². The summed E-state index contributed by atoms with van der Waals surface area (Å²) in [4.78, 5) is 49.2. The van der Waals surface area contributed by atoms with Crippen LogP contribution in [0.15, 0.2) is 27.1 Å². The number of nitrogen functional groups attached to an aromatic ring is 1. The topological polar surface area (TPSA) is 234 Å². The van der Waals surface area contributed by atoms with Crippen molar-refractivity contribution in [1.82, 2.24) is 23.8 Å². The number of nitrogens with two attached hydrogens (primary N) is 2. The predicted molar refractivity (Wildman–Crippen MR) is 194 cm³/mol. The largest absolute Gasteiger partial charge is 0.481 e. The lowest BCUT2D eigenvalue weighted by Gasteiger charge is -2.28. The first-order valence-electron chi connectivity index (χ1n) is 15.5. The number of aliphatic carboxylic acids is 1. The van der Waals surface area contributed by atoms with E-state index < -0.39 is 25.2 Å². The summed E-state index contributed by atoms with van der Waals surface area (Å²) in [6.07, 6.45) is 8.01. The second-order valence-electron chi connectivity index (χ2n) is 13.6. The molecule has 6 N–H and O–H groups in total. The van der Waals surface area contributed by atoms with E-state index in [-0.39, 0.29) is 53.7 Å². The average molecular weight is 768 g/mol. The first-order valence-corrected chi connectivity index (χ1v) is 19.7. The fourth-order valence-corrected chi connectivity index (χ4v) is 6.66. The Morgan fingerprint density at radius 1 is 1.31 bits per heavy atom. The van der Waals surface area contributed by atoms with E-state index in [2.05, 4.69) is 39.3 Å². The SMILES string of the molecule is C#CCN1C(=O)COc2cc(F)c(/N=c3\snc4n3CC(C)(C)C4)cc21.CP(=O)(O)CCC(N)C(=O)O.CSc1nnc(C(C)(C)C)c(=O)n1N. The van der Waals surface area contributed by atoms with Crippen LogP contribution in [0.2, 0.25) is 0 Å². The van der Waals surface area contributed by atoms with E-state index >= 15 is 0 Å². The molecule has 4 heterocycles. The van der Waals surface area contributed by atoms with Gasteiger partial charge in [-0.25, -0.2) is 9.38 Å². The lowest BCUT2D eigenvalue weighted by Crippen LogP contribution is -2.39. The number of benzene rings is 1. The number of anilines is 1. The van der Waals surface area contributed by atoms with Gasteiger partial charge in [-0.2, -0.15) is 9.05 Å². The number of aromatic nitrogens is 5. The maximum Gasteiger partial charge on any atom is 0.320 e. The van der Waals surface area contributed by atoms with Crippen LogP contribution in [0.25, 0.3) is 0 Å². The molecule has 16 nitrogen and oxygen atoms in total. The molecular formula is C31H43FN9O7PS2. The molecule has 2 aliphatic rings. The Balaban J connectivity index is 0.000000237. The van der Waals surface area contributed by atoms with Gasteiger partial charge in [-0.3, -0.25) is 23.8 Å². The molecule has 2 unspecified atom stereocenters. The monoisotopic (exact) mass is 767 g/mol. The fraction of sp³-hybridized carbons (Fsp3) is 0.516.